The van der Waals surface area contributed by atoms with Crippen LogP contribution in [0.15, 0.2) is 24.3 Å². The third-order valence-electron chi connectivity index (χ3n) is 5.09. The molecule has 4 heteroatoms. The molecule has 0 saturated heterocycles. The summed E-state index contributed by atoms with van der Waals surface area (Å²) in [5, 5.41) is 10.9. The summed E-state index contributed by atoms with van der Waals surface area (Å²) in [5.74, 6) is 0.645. The van der Waals surface area contributed by atoms with E-state index < -0.39 is 5.60 Å². The average Bonchev–Trinajstić information content (AvgIpc) is 2.63. The number of aliphatic hydroxyl groups is 1. The molecule has 0 atom stereocenters. The third kappa shape index (κ3) is 5.74. The van der Waals surface area contributed by atoms with E-state index in [0.717, 1.165) is 24.3 Å². The van der Waals surface area contributed by atoms with Crippen LogP contribution in [0.4, 0.5) is 0 Å². The summed E-state index contributed by atoms with van der Waals surface area (Å²) in [4.78, 5) is 11.8. The number of esters is 1. The Kier molecular flexibility index (Phi) is 7.76. The fourth-order valence-electron chi connectivity index (χ4n) is 3.46. The Balaban J connectivity index is 1.84. The van der Waals surface area contributed by atoms with Crippen molar-refractivity contribution in [3.05, 3.63) is 29.8 Å². The van der Waals surface area contributed by atoms with Gasteiger partial charge in [0.25, 0.3) is 0 Å². The zero-order valence-electron chi connectivity index (χ0n) is 15.6. The second-order valence-corrected chi connectivity index (χ2v) is 6.99. The van der Waals surface area contributed by atoms with E-state index in [4.69, 9.17) is 9.47 Å². The maximum absolute atomic E-state index is 11.8. The molecule has 140 valence electrons. The lowest BCUT2D eigenvalue weighted by Crippen LogP contribution is -2.34. The molecule has 0 heterocycles. The number of benzene rings is 1. The fourth-order valence-corrected chi connectivity index (χ4v) is 3.46. The van der Waals surface area contributed by atoms with Crippen molar-refractivity contribution in [2.45, 2.75) is 70.8 Å². The number of ether oxygens (including phenoxy) is 2. The molecule has 0 spiro atoms. The van der Waals surface area contributed by atoms with Crippen LogP contribution in [-0.2, 0) is 15.1 Å². The Morgan fingerprint density at radius 2 is 1.80 bits per heavy atom. The summed E-state index contributed by atoms with van der Waals surface area (Å²) in [6.07, 6.45) is 7.29. The minimum Gasteiger partial charge on any atom is -0.494 e. The zero-order valence-corrected chi connectivity index (χ0v) is 15.6. The van der Waals surface area contributed by atoms with E-state index in [-0.39, 0.29) is 11.9 Å². The minimum atomic E-state index is -0.845. The molecule has 1 fully saturated rings. The Bertz CT molecular complexity index is 515. The predicted molar refractivity (Wildman–Crippen MR) is 98.6 cm³/mol. The van der Waals surface area contributed by atoms with E-state index in [9.17, 15) is 9.90 Å². The van der Waals surface area contributed by atoms with Gasteiger partial charge in [-0.3, -0.25) is 4.79 Å². The number of carbonyl (C=O) groups excluding carboxylic acids is 1. The molecular formula is C21H32O4. The normalized spacial score (nSPS) is 23.2. The number of hydrogen-bond acceptors (Lipinski definition) is 4. The molecule has 1 aliphatic rings. The van der Waals surface area contributed by atoms with Crippen LogP contribution in [0.25, 0.3) is 0 Å². The first kappa shape index (κ1) is 19.8. The second kappa shape index (κ2) is 9.81. The molecular weight excluding hydrogens is 316 g/mol. The molecule has 0 aromatic heterocycles. The highest BCUT2D eigenvalue weighted by molar-refractivity contribution is 5.72. The Morgan fingerprint density at radius 1 is 1.12 bits per heavy atom. The number of unbranched alkanes of at least 4 members (excludes halogenated alkanes) is 3. The molecule has 0 unspecified atom stereocenters. The van der Waals surface area contributed by atoms with E-state index in [1.54, 1.807) is 0 Å². The Labute approximate surface area is 151 Å². The van der Waals surface area contributed by atoms with Crippen LogP contribution < -0.4 is 4.74 Å². The molecule has 0 amide bonds. The van der Waals surface area contributed by atoms with Gasteiger partial charge in [-0.05, 0) is 56.7 Å². The van der Waals surface area contributed by atoms with Gasteiger partial charge in [-0.25, -0.2) is 0 Å². The molecule has 1 aromatic rings. The summed E-state index contributed by atoms with van der Waals surface area (Å²) in [7, 11) is 0. The van der Waals surface area contributed by atoms with Gasteiger partial charge in [0.1, 0.15) is 5.75 Å². The zero-order chi connectivity index (χ0) is 18.1. The van der Waals surface area contributed by atoms with Crippen LogP contribution in [0.1, 0.15) is 70.8 Å². The summed E-state index contributed by atoms with van der Waals surface area (Å²) < 4.78 is 10.9. The van der Waals surface area contributed by atoms with Gasteiger partial charge in [0.2, 0.25) is 0 Å². The van der Waals surface area contributed by atoms with Crippen LogP contribution in [0, 0.1) is 5.92 Å². The average molecular weight is 348 g/mol. The van der Waals surface area contributed by atoms with E-state index in [0.29, 0.717) is 32.3 Å². The van der Waals surface area contributed by atoms with Gasteiger partial charge in [-0.1, -0.05) is 38.3 Å². The van der Waals surface area contributed by atoms with Gasteiger partial charge in [-0.2, -0.15) is 0 Å². The molecule has 0 aliphatic heterocycles. The maximum Gasteiger partial charge on any atom is 0.308 e. The van der Waals surface area contributed by atoms with Gasteiger partial charge in [0.05, 0.1) is 24.7 Å². The first-order chi connectivity index (χ1) is 12.1. The van der Waals surface area contributed by atoms with Gasteiger partial charge in [0.15, 0.2) is 0 Å². The molecule has 0 radical (unpaired) electrons. The van der Waals surface area contributed by atoms with Crippen molar-refractivity contribution < 1.29 is 19.4 Å². The number of rotatable bonds is 9. The Hall–Kier alpha value is -1.55. The van der Waals surface area contributed by atoms with E-state index in [1.807, 2.05) is 31.2 Å². The molecule has 0 bridgehead atoms. The van der Waals surface area contributed by atoms with Gasteiger partial charge in [0, 0.05) is 0 Å². The maximum atomic E-state index is 11.8. The molecule has 1 aliphatic carbocycles. The molecule has 1 aromatic carbocycles. The monoisotopic (exact) mass is 348 g/mol. The molecule has 2 rings (SSSR count). The molecule has 25 heavy (non-hydrogen) atoms. The van der Waals surface area contributed by atoms with Crippen molar-refractivity contribution in [3.8, 4) is 5.75 Å². The first-order valence-electron chi connectivity index (χ1n) is 9.71. The highest BCUT2D eigenvalue weighted by Gasteiger charge is 2.37. The SMILES string of the molecule is CCCCCCOc1ccc(C2(O)CCC(C(=O)OCC)CC2)cc1. The topological polar surface area (TPSA) is 55.8 Å². The lowest BCUT2D eigenvalue weighted by Gasteiger charge is -2.35. The van der Waals surface area contributed by atoms with Crippen molar-refractivity contribution in [2.75, 3.05) is 13.2 Å². The predicted octanol–water partition coefficient (Wildman–Crippen LogP) is 4.59. The van der Waals surface area contributed by atoms with E-state index in [1.165, 1.54) is 19.3 Å². The van der Waals surface area contributed by atoms with Crippen molar-refractivity contribution in [2.24, 2.45) is 5.92 Å². The number of carbonyl (C=O) groups is 1. The smallest absolute Gasteiger partial charge is 0.308 e. The van der Waals surface area contributed by atoms with Gasteiger partial charge < -0.3 is 14.6 Å². The Morgan fingerprint density at radius 3 is 2.40 bits per heavy atom. The summed E-state index contributed by atoms with van der Waals surface area (Å²) in [6, 6.07) is 7.77. The second-order valence-electron chi connectivity index (χ2n) is 6.99. The van der Waals surface area contributed by atoms with Crippen LogP contribution in [0.2, 0.25) is 0 Å². The number of hydrogen-bond donors (Lipinski definition) is 1. The fraction of sp³-hybridized carbons (Fsp3) is 0.667. The quantitative estimate of drug-likeness (QED) is 0.524. The highest BCUT2D eigenvalue weighted by Crippen LogP contribution is 2.40. The van der Waals surface area contributed by atoms with Crippen LogP contribution in [0.3, 0.4) is 0 Å². The van der Waals surface area contributed by atoms with Crippen molar-refractivity contribution in [1.29, 1.82) is 0 Å². The lowest BCUT2D eigenvalue weighted by atomic mass is 9.75. The van der Waals surface area contributed by atoms with E-state index >= 15 is 0 Å². The molecule has 1 N–H and O–H groups in total. The lowest BCUT2D eigenvalue weighted by molar-refractivity contribution is -0.151. The molecule has 1 saturated carbocycles. The largest absolute Gasteiger partial charge is 0.494 e. The summed E-state index contributed by atoms with van der Waals surface area (Å²) in [6.45, 7) is 5.18. The third-order valence-corrected chi connectivity index (χ3v) is 5.09. The van der Waals surface area contributed by atoms with Crippen molar-refractivity contribution in [1.82, 2.24) is 0 Å². The first-order valence-corrected chi connectivity index (χ1v) is 9.71. The van der Waals surface area contributed by atoms with Gasteiger partial charge >= 0.3 is 5.97 Å². The highest BCUT2D eigenvalue weighted by atomic mass is 16.5. The molecule has 4 nitrogen and oxygen atoms in total. The van der Waals surface area contributed by atoms with Crippen LogP contribution in [0.5, 0.6) is 5.75 Å². The van der Waals surface area contributed by atoms with Crippen LogP contribution >= 0.6 is 0 Å². The van der Waals surface area contributed by atoms with Crippen molar-refractivity contribution >= 4 is 5.97 Å². The standard InChI is InChI=1S/C21H32O4/c1-3-5-6-7-16-25-19-10-8-18(9-11-19)21(23)14-12-17(13-15-21)20(22)24-4-2/h8-11,17,23H,3-7,12-16H2,1-2H3. The van der Waals surface area contributed by atoms with Crippen LogP contribution in [-0.4, -0.2) is 24.3 Å². The van der Waals surface area contributed by atoms with E-state index in [2.05, 4.69) is 6.92 Å². The minimum absolute atomic E-state index is 0.0778. The van der Waals surface area contributed by atoms with Gasteiger partial charge in [-0.15, -0.1) is 0 Å². The van der Waals surface area contributed by atoms with Crippen molar-refractivity contribution in [3.63, 3.8) is 0 Å². The summed E-state index contributed by atoms with van der Waals surface area (Å²) >= 11 is 0. The summed E-state index contributed by atoms with van der Waals surface area (Å²) in [5.41, 5.74) is 0.0657.